The molecular formula is C32H42N2O7. The molecule has 1 saturated heterocycles. The highest BCUT2D eigenvalue weighted by molar-refractivity contribution is 5.89. The zero-order chi connectivity index (χ0) is 29.2. The van der Waals surface area contributed by atoms with Gasteiger partial charge in [-0.05, 0) is 30.4 Å². The number of carbonyl (C=O) groups is 2. The summed E-state index contributed by atoms with van der Waals surface area (Å²) in [6, 6.07) is 21.5. The van der Waals surface area contributed by atoms with Crippen LogP contribution in [-0.4, -0.2) is 93.6 Å². The minimum Gasteiger partial charge on any atom is -0.505 e. The van der Waals surface area contributed by atoms with Crippen LogP contribution in [0.2, 0.25) is 0 Å². The van der Waals surface area contributed by atoms with Crippen molar-refractivity contribution in [2.24, 2.45) is 0 Å². The lowest BCUT2D eigenvalue weighted by atomic mass is 9.67. The van der Waals surface area contributed by atoms with Crippen molar-refractivity contribution in [3.63, 3.8) is 0 Å². The number of nitrogens with zero attached hydrogens (tertiary/aromatic N) is 2. The summed E-state index contributed by atoms with van der Waals surface area (Å²) in [5.74, 6) is -2.42. The SMILES string of the molecule is O=C(CC1(c2ccccc2)CCCCC1)N1CCN(CCc2ccccc2)CC1.O=C1OC([C@@H](O)CO)C(O)=C1O. The third-order valence-electron chi connectivity index (χ3n) is 8.45. The molecule has 1 saturated carbocycles. The molecule has 0 radical (unpaired) electrons. The van der Waals surface area contributed by atoms with Gasteiger partial charge in [0.15, 0.2) is 11.9 Å². The van der Waals surface area contributed by atoms with E-state index in [9.17, 15) is 9.59 Å². The maximum Gasteiger partial charge on any atom is 0.377 e. The van der Waals surface area contributed by atoms with Crippen LogP contribution < -0.4 is 0 Å². The Bertz CT molecular complexity index is 1160. The van der Waals surface area contributed by atoms with Gasteiger partial charge in [0, 0.05) is 44.6 Å². The zero-order valence-corrected chi connectivity index (χ0v) is 23.5. The molecule has 2 heterocycles. The van der Waals surface area contributed by atoms with Gasteiger partial charge in [0.1, 0.15) is 6.10 Å². The first-order valence-electron chi connectivity index (χ1n) is 14.5. The molecule has 4 N–H and O–H groups in total. The summed E-state index contributed by atoms with van der Waals surface area (Å²) in [6.45, 7) is 4.15. The number of benzene rings is 2. The molecule has 1 unspecified atom stereocenters. The Morgan fingerprint density at radius 1 is 0.927 bits per heavy atom. The summed E-state index contributed by atoms with van der Waals surface area (Å²) < 4.78 is 4.32. The van der Waals surface area contributed by atoms with Crippen molar-refractivity contribution in [1.82, 2.24) is 9.80 Å². The van der Waals surface area contributed by atoms with Gasteiger partial charge in [0.25, 0.3) is 0 Å². The molecular weight excluding hydrogens is 524 g/mol. The summed E-state index contributed by atoms with van der Waals surface area (Å²) in [5, 5.41) is 35.0. The lowest BCUT2D eigenvalue weighted by molar-refractivity contribution is -0.147. The van der Waals surface area contributed by atoms with Gasteiger partial charge in [-0.2, -0.15) is 0 Å². The highest BCUT2D eigenvalue weighted by Crippen LogP contribution is 2.42. The maximum absolute atomic E-state index is 13.2. The van der Waals surface area contributed by atoms with Gasteiger partial charge in [-0.1, -0.05) is 79.9 Å². The average molecular weight is 567 g/mol. The second-order valence-electron chi connectivity index (χ2n) is 11.2. The van der Waals surface area contributed by atoms with Crippen LogP contribution in [0.1, 0.15) is 49.7 Å². The molecule has 0 spiro atoms. The first-order valence-corrected chi connectivity index (χ1v) is 14.5. The Hall–Kier alpha value is -3.40. The Labute approximate surface area is 241 Å². The molecule has 9 heteroatoms. The molecule has 5 rings (SSSR count). The van der Waals surface area contributed by atoms with Gasteiger partial charge in [0.05, 0.1) is 6.61 Å². The van der Waals surface area contributed by atoms with Crippen LogP contribution in [0.15, 0.2) is 72.2 Å². The van der Waals surface area contributed by atoms with Crippen molar-refractivity contribution in [1.29, 1.82) is 0 Å². The first kappa shape index (κ1) is 30.6. The van der Waals surface area contributed by atoms with Gasteiger partial charge in [-0.25, -0.2) is 4.79 Å². The summed E-state index contributed by atoms with van der Waals surface area (Å²) >= 11 is 0. The van der Waals surface area contributed by atoms with Crippen molar-refractivity contribution >= 4 is 11.9 Å². The first-order chi connectivity index (χ1) is 19.8. The lowest BCUT2D eigenvalue weighted by Crippen LogP contribution is -2.50. The smallest absolute Gasteiger partial charge is 0.377 e. The van der Waals surface area contributed by atoms with Crippen LogP contribution in [0.3, 0.4) is 0 Å². The van der Waals surface area contributed by atoms with Crippen LogP contribution in [0, 0.1) is 0 Å². The number of hydrogen-bond acceptors (Lipinski definition) is 8. The summed E-state index contributed by atoms with van der Waals surface area (Å²) in [4.78, 5) is 28.4. The zero-order valence-electron chi connectivity index (χ0n) is 23.5. The second kappa shape index (κ2) is 14.5. The predicted octanol–water partition coefficient (Wildman–Crippen LogP) is 3.26. The molecule has 2 aromatic rings. The number of piperazine rings is 1. The number of cyclic esters (lactones) is 1. The molecule has 1 amide bonds. The van der Waals surface area contributed by atoms with E-state index >= 15 is 0 Å². The standard InChI is InChI=1S/C26H34N2O.C6H8O6/c29-25(22-26(15-8-3-9-16-26)24-12-6-2-7-13-24)28-20-18-27(19-21-28)17-14-23-10-4-1-5-11-23;7-1-2(8)5-3(9)4(10)6(11)12-5/h1-2,4-7,10-13H,3,8-9,14-22H2;2,5,7-10H,1H2/t;2-,5?/m.0/s1. The number of hydrogen-bond donors (Lipinski definition) is 4. The summed E-state index contributed by atoms with van der Waals surface area (Å²) in [7, 11) is 0. The van der Waals surface area contributed by atoms with Crippen molar-refractivity contribution in [3.8, 4) is 0 Å². The van der Waals surface area contributed by atoms with Crippen LogP contribution >= 0.6 is 0 Å². The van der Waals surface area contributed by atoms with Gasteiger partial charge in [0.2, 0.25) is 11.7 Å². The average Bonchev–Trinajstić information content (AvgIpc) is 3.28. The van der Waals surface area contributed by atoms with Crippen LogP contribution in [-0.2, 0) is 26.2 Å². The molecule has 1 aliphatic carbocycles. The van der Waals surface area contributed by atoms with E-state index in [-0.39, 0.29) is 5.41 Å². The quantitative estimate of drug-likeness (QED) is 0.358. The van der Waals surface area contributed by atoms with Crippen LogP contribution in [0.25, 0.3) is 0 Å². The van der Waals surface area contributed by atoms with Crippen LogP contribution in [0.4, 0.5) is 0 Å². The largest absolute Gasteiger partial charge is 0.505 e. The van der Waals surface area contributed by atoms with E-state index in [0.29, 0.717) is 12.3 Å². The van der Waals surface area contributed by atoms with Crippen molar-refractivity contribution < 1.29 is 34.8 Å². The fourth-order valence-electron chi connectivity index (χ4n) is 5.96. The number of ether oxygens (including phenoxy) is 1. The van der Waals surface area contributed by atoms with E-state index in [1.807, 2.05) is 0 Å². The second-order valence-corrected chi connectivity index (χ2v) is 11.2. The van der Waals surface area contributed by atoms with E-state index < -0.39 is 36.3 Å². The molecule has 222 valence electrons. The maximum atomic E-state index is 13.2. The van der Waals surface area contributed by atoms with Crippen molar-refractivity contribution in [2.45, 2.75) is 62.6 Å². The predicted molar refractivity (Wildman–Crippen MR) is 154 cm³/mol. The minimum absolute atomic E-state index is 0.0566. The van der Waals surface area contributed by atoms with E-state index in [1.165, 1.54) is 30.4 Å². The highest BCUT2D eigenvalue weighted by Gasteiger charge is 2.39. The molecule has 0 bridgehead atoms. The van der Waals surface area contributed by atoms with Gasteiger partial charge in [-0.15, -0.1) is 0 Å². The molecule has 9 nitrogen and oxygen atoms in total. The Kier molecular flexibility index (Phi) is 10.8. The Balaban J connectivity index is 0.000000271. The molecule has 2 aromatic carbocycles. The molecule has 2 aliphatic heterocycles. The fourth-order valence-corrected chi connectivity index (χ4v) is 5.96. The highest BCUT2D eigenvalue weighted by atomic mass is 16.6. The number of aliphatic hydroxyl groups excluding tert-OH is 4. The van der Waals surface area contributed by atoms with E-state index in [4.69, 9.17) is 20.4 Å². The molecule has 41 heavy (non-hydrogen) atoms. The van der Waals surface area contributed by atoms with Gasteiger partial charge < -0.3 is 30.1 Å². The molecule has 2 atom stereocenters. The minimum atomic E-state index is -1.42. The molecule has 0 aromatic heterocycles. The van der Waals surface area contributed by atoms with Gasteiger partial charge >= 0.3 is 5.97 Å². The number of rotatable bonds is 8. The van der Waals surface area contributed by atoms with Gasteiger partial charge in [-0.3, -0.25) is 9.69 Å². The van der Waals surface area contributed by atoms with Crippen molar-refractivity contribution in [2.75, 3.05) is 39.3 Å². The van der Waals surface area contributed by atoms with E-state index in [1.54, 1.807) is 0 Å². The summed E-state index contributed by atoms with van der Waals surface area (Å²) in [6.07, 6.45) is 5.10. The topological polar surface area (TPSA) is 131 Å². The summed E-state index contributed by atoms with van der Waals surface area (Å²) in [5.41, 5.74) is 2.82. The third kappa shape index (κ3) is 7.87. The normalized spacial score (nSPS) is 21.6. The van der Waals surface area contributed by atoms with E-state index in [0.717, 1.165) is 52.0 Å². The third-order valence-corrected chi connectivity index (χ3v) is 8.45. The van der Waals surface area contributed by atoms with Crippen LogP contribution in [0.5, 0.6) is 0 Å². The number of esters is 1. The Morgan fingerprint density at radius 3 is 2.10 bits per heavy atom. The number of carbonyl (C=O) groups excluding carboxylic acids is 2. The lowest BCUT2D eigenvalue weighted by Gasteiger charge is -2.41. The fraction of sp³-hybridized carbons (Fsp3) is 0.500. The molecule has 3 aliphatic rings. The van der Waals surface area contributed by atoms with Crippen molar-refractivity contribution in [3.05, 3.63) is 83.3 Å². The number of amides is 1. The number of aliphatic hydroxyl groups is 4. The Morgan fingerprint density at radius 2 is 1.54 bits per heavy atom. The van der Waals surface area contributed by atoms with E-state index in [2.05, 4.69) is 75.2 Å². The monoisotopic (exact) mass is 566 g/mol. The molecule has 2 fully saturated rings.